The molecule has 1 amide bonds. The Hall–Kier alpha value is -2.13. The lowest BCUT2D eigenvalue weighted by molar-refractivity contribution is 0.0976. The molecule has 0 aliphatic rings. The number of aliphatic hydroxyl groups excluding tert-OH is 1. The molecule has 0 saturated carbocycles. The van der Waals surface area contributed by atoms with Crippen LogP contribution in [0.3, 0.4) is 0 Å². The second kappa shape index (κ2) is 6.55. The van der Waals surface area contributed by atoms with E-state index in [1.54, 1.807) is 6.92 Å². The predicted octanol–water partition coefficient (Wildman–Crippen LogP) is -0.494. The molecule has 8 nitrogen and oxygen atoms in total. The van der Waals surface area contributed by atoms with Crippen molar-refractivity contribution in [1.29, 1.82) is 5.41 Å². The fraction of sp³-hybridized carbons (Fsp3) is 0.333. The van der Waals surface area contributed by atoms with Crippen LogP contribution < -0.4 is 16.4 Å². The summed E-state index contributed by atoms with van der Waals surface area (Å²) in [5.74, 6) is -1.20. The molecule has 0 spiro atoms. The summed E-state index contributed by atoms with van der Waals surface area (Å²) in [4.78, 5) is 11.7. The lowest BCUT2D eigenvalue weighted by Crippen LogP contribution is -2.35. The molecule has 0 saturated heterocycles. The van der Waals surface area contributed by atoms with Crippen LogP contribution in [-0.4, -0.2) is 44.3 Å². The number of nitrogens with two attached hydrogens (primary N) is 1. The Balaban J connectivity index is 3.19. The van der Waals surface area contributed by atoms with Gasteiger partial charge in [0, 0.05) is 18.4 Å². The molecule has 1 rings (SSSR count). The van der Waals surface area contributed by atoms with Crippen molar-refractivity contribution in [1.82, 2.24) is 5.32 Å². The monoisotopic (exact) mass is 314 g/mol. The molecule has 116 valence electrons. The lowest BCUT2D eigenvalue weighted by atomic mass is 10.2. The van der Waals surface area contributed by atoms with E-state index >= 15 is 0 Å². The third-order valence-electron chi connectivity index (χ3n) is 2.48. The highest BCUT2D eigenvalue weighted by molar-refractivity contribution is 7.90. The molecule has 0 radical (unpaired) electrons. The quantitative estimate of drug-likeness (QED) is 0.366. The van der Waals surface area contributed by atoms with Gasteiger partial charge in [-0.15, -0.1) is 0 Å². The zero-order chi connectivity index (χ0) is 16.2. The van der Waals surface area contributed by atoms with Crippen LogP contribution in [0.4, 0.5) is 5.69 Å². The highest BCUT2D eigenvalue weighted by Gasteiger charge is 2.17. The first-order chi connectivity index (χ1) is 9.61. The third kappa shape index (κ3) is 5.04. The summed E-state index contributed by atoms with van der Waals surface area (Å²) in [6.45, 7) is 1.73. The van der Waals surface area contributed by atoms with Gasteiger partial charge in [-0.2, -0.15) is 0 Å². The Morgan fingerprint density at radius 2 is 2.10 bits per heavy atom. The van der Waals surface area contributed by atoms with Crippen molar-refractivity contribution in [2.24, 2.45) is 5.73 Å². The standard InChI is InChI=1S/C12H18N4O4S/c1-7(17)6-15-9-4-3-8(11(18)16-12(13)14)5-10(9)21(2,19)20/h3-5,7,15,17H,6H2,1-2H3,(H4,13,14,16,18). The zero-order valence-corrected chi connectivity index (χ0v) is 12.5. The Kier molecular flexibility index (Phi) is 5.28. The average molecular weight is 314 g/mol. The first kappa shape index (κ1) is 16.9. The lowest BCUT2D eigenvalue weighted by Gasteiger charge is -2.13. The number of hydrogen-bond donors (Lipinski definition) is 5. The maximum Gasteiger partial charge on any atom is 0.257 e. The van der Waals surface area contributed by atoms with Gasteiger partial charge in [0.25, 0.3) is 5.91 Å². The molecular formula is C12H18N4O4S. The van der Waals surface area contributed by atoms with E-state index in [4.69, 9.17) is 11.1 Å². The number of amides is 1. The summed E-state index contributed by atoms with van der Waals surface area (Å²) in [7, 11) is -3.57. The number of aliphatic hydroxyl groups is 1. The van der Waals surface area contributed by atoms with Crippen molar-refractivity contribution in [3.05, 3.63) is 23.8 Å². The van der Waals surface area contributed by atoms with Gasteiger partial charge in [-0.25, -0.2) is 8.42 Å². The van der Waals surface area contributed by atoms with Gasteiger partial charge in [0.15, 0.2) is 15.8 Å². The molecule has 0 heterocycles. The summed E-state index contributed by atoms with van der Waals surface area (Å²) in [5, 5.41) is 21.1. The second-order valence-corrected chi connectivity index (χ2v) is 6.56. The van der Waals surface area contributed by atoms with Crippen LogP contribution in [0.25, 0.3) is 0 Å². The van der Waals surface area contributed by atoms with Gasteiger partial charge >= 0.3 is 0 Å². The zero-order valence-electron chi connectivity index (χ0n) is 11.7. The molecule has 1 aromatic rings. The maximum absolute atomic E-state index is 11.8. The molecule has 1 atom stereocenters. The van der Waals surface area contributed by atoms with Crippen LogP contribution in [0.2, 0.25) is 0 Å². The first-order valence-electron chi connectivity index (χ1n) is 6.02. The maximum atomic E-state index is 11.8. The van der Waals surface area contributed by atoms with E-state index in [1.807, 2.05) is 0 Å². The highest BCUT2D eigenvalue weighted by atomic mass is 32.2. The summed E-state index contributed by atoms with van der Waals surface area (Å²) in [5.41, 5.74) is 5.41. The van der Waals surface area contributed by atoms with Crippen LogP contribution in [0.1, 0.15) is 17.3 Å². The van der Waals surface area contributed by atoms with Crippen molar-refractivity contribution in [3.8, 4) is 0 Å². The van der Waals surface area contributed by atoms with E-state index in [9.17, 15) is 18.3 Å². The number of guanidine groups is 1. The topological polar surface area (TPSA) is 145 Å². The van der Waals surface area contributed by atoms with Crippen LogP contribution in [0.5, 0.6) is 0 Å². The van der Waals surface area contributed by atoms with Crippen LogP contribution >= 0.6 is 0 Å². The number of anilines is 1. The summed E-state index contributed by atoms with van der Waals surface area (Å²) in [6.07, 6.45) is 0.362. The Labute approximate surface area is 122 Å². The van der Waals surface area contributed by atoms with Crippen molar-refractivity contribution in [2.45, 2.75) is 17.9 Å². The van der Waals surface area contributed by atoms with Crippen molar-refractivity contribution in [2.75, 3.05) is 18.1 Å². The second-order valence-electron chi connectivity index (χ2n) is 4.58. The normalized spacial score (nSPS) is 12.5. The molecule has 21 heavy (non-hydrogen) atoms. The molecule has 0 aliphatic carbocycles. The van der Waals surface area contributed by atoms with E-state index in [1.165, 1.54) is 18.2 Å². The molecule has 0 aliphatic heterocycles. The van der Waals surface area contributed by atoms with E-state index in [-0.39, 0.29) is 22.7 Å². The molecule has 0 aromatic heterocycles. The molecule has 9 heteroatoms. The Morgan fingerprint density at radius 3 is 2.57 bits per heavy atom. The number of nitrogens with one attached hydrogen (secondary N) is 3. The van der Waals surface area contributed by atoms with E-state index in [0.29, 0.717) is 0 Å². The average Bonchev–Trinajstić information content (AvgIpc) is 2.34. The Bertz CT molecular complexity index is 655. The van der Waals surface area contributed by atoms with E-state index in [2.05, 4.69) is 10.6 Å². The summed E-state index contributed by atoms with van der Waals surface area (Å²) in [6, 6.07) is 4.02. The molecule has 1 unspecified atom stereocenters. The highest BCUT2D eigenvalue weighted by Crippen LogP contribution is 2.23. The predicted molar refractivity (Wildman–Crippen MR) is 79.1 cm³/mol. The number of rotatable bonds is 5. The number of carbonyl (C=O) groups is 1. The van der Waals surface area contributed by atoms with Crippen LogP contribution in [-0.2, 0) is 9.84 Å². The van der Waals surface area contributed by atoms with Gasteiger partial charge < -0.3 is 16.2 Å². The number of carbonyl (C=O) groups excluding carboxylic acids is 1. The minimum Gasteiger partial charge on any atom is -0.392 e. The van der Waals surface area contributed by atoms with Gasteiger partial charge in [0.1, 0.15) is 0 Å². The van der Waals surface area contributed by atoms with Crippen molar-refractivity contribution >= 4 is 27.4 Å². The van der Waals surface area contributed by atoms with Crippen molar-refractivity contribution < 1.29 is 18.3 Å². The largest absolute Gasteiger partial charge is 0.392 e. The number of benzene rings is 1. The Morgan fingerprint density at radius 1 is 1.48 bits per heavy atom. The minimum absolute atomic E-state index is 0.0632. The van der Waals surface area contributed by atoms with Gasteiger partial charge in [-0.3, -0.25) is 15.5 Å². The van der Waals surface area contributed by atoms with Gasteiger partial charge in [-0.1, -0.05) is 0 Å². The fourth-order valence-electron chi connectivity index (χ4n) is 1.57. The van der Waals surface area contributed by atoms with Gasteiger partial charge in [0.2, 0.25) is 0 Å². The summed E-state index contributed by atoms with van der Waals surface area (Å²) >= 11 is 0. The molecular weight excluding hydrogens is 296 g/mol. The molecule has 0 fully saturated rings. The van der Waals surface area contributed by atoms with Gasteiger partial charge in [-0.05, 0) is 25.1 Å². The number of sulfone groups is 1. The smallest absolute Gasteiger partial charge is 0.257 e. The molecule has 1 aromatic carbocycles. The van der Waals surface area contributed by atoms with Gasteiger partial charge in [0.05, 0.1) is 16.7 Å². The van der Waals surface area contributed by atoms with Crippen LogP contribution in [0.15, 0.2) is 23.1 Å². The minimum atomic E-state index is -3.57. The molecule has 0 bridgehead atoms. The van der Waals surface area contributed by atoms with E-state index in [0.717, 1.165) is 6.26 Å². The van der Waals surface area contributed by atoms with E-state index < -0.39 is 27.8 Å². The number of hydrogen-bond acceptors (Lipinski definition) is 6. The SMILES string of the molecule is CC(O)CNc1ccc(C(=O)NC(=N)N)cc1S(C)(=O)=O. The fourth-order valence-corrected chi connectivity index (χ4v) is 2.45. The molecule has 6 N–H and O–H groups in total. The first-order valence-corrected chi connectivity index (χ1v) is 7.92. The third-order valence-corrected chi connectivity index (χ3v) is 3.62. The summed E-state index contributed by atoms with van der Waals surface area (Å²) < 4.78 is 23.6. The van der Waals surface area contributed by atoms with Crippen molar-refractivity contribution in [3.63, 3.8) is 0 Å². The van der Waals surface area contributed by atoms with Crippen LogP contribution in [0, 0.1) is 5.41 Å².